The SMILES string of the molecule is COc1cc(OC)cc(C(C#N)(CCCNCCCc2ccc3c(c2)OCO3)C(C)C)c1. The van der Waals surface area contributed by atoms with Crippen LogP contribution in [0.5, 0.6) is 23.0 Å². The van der Waals surface area contributed by atoms with Crippen LogP contribution < -0.4 is 24.3 Å². The number of hydrogen-bond donors (Lipinski definition) is 1. The van der Waals surface area contributed by atoms with Crippen molar-refractivity contribution in [2.24, 2.45) is 5.92 Å². The molecule has 0 saturated heterocycles. The molecule has 1 atom stereocenters. The van der Waals surface area contributed by atoms with Crippen LogP contribution in [-0.2, 0) is 11.8 Å². The van der Waals surface area contributed by atoms with Crippen LogP contribution in [0.1, 0.15) is 44.2 Å². The zero-order valence-electron chi connectivity index (χ0n) is 19.6. The molecule has 1 aliphatic rings. The van der Waals surface area contributed by atoms with Gasteiger partial charge < -0.3 is 24.3 Å². The maximum Gasteiger partial charge on any atom is 0.231 e. The second kappa shape index (κ2) is 11.1. The molecule has 1 N–H and O–H groups in total. The fourth-order valence-corrected chi connectivity index (χ4v) is 4.21. The predicted molar refractivity (Wildman–Crippen MR) is 125 cm³/mol. The predicted octanol–water partition coefficient (Wildman–Crippen LogP) is 4.85. The van der Waals surface area contributed by atoms with Gasteiger partial charge in [0, 0.05) is 6.07 Å². The molecule has 2 aromatic carbocycles. The highest BCUT2D eigenvalue weighted by molar-refractivity contribution is 5.45. The summed E-state index contributed by atoms with van der Waals surface area (Å²) in [6.07, 6.45) is 3.71. The number of ether oxygens (including phenoxy) is 4. The molecule has 0 amide bonds. The third-order valence-electron chi connectivity index (χ3n) is 6.23. The lowest BCUT2D eigenvalue weighted by Crippen LogP contribution is -2.32. The highest BCUT2D eigenvalue weighted by Crippen LogP contribution is 2.40. The van der Waals surface area contributed by atoms with Crippen LogP contribution in [0, 0.1) is 17.2 Å². The summed E-state index contributed by atoms with van der Waals surface area (Å²) in [5, 5.41) is 13.7. The van der Waals surface area contributed by atoms with Gasteiger partial charge in [-0.25, -0.2) is 0 Å². The number of rotatable bonds is 12. The van der Waals surface area contributed by atoms with Crippen LogP contribution in [0.15, 0.2) is 36.4 Å². The third-order valence-corrected chi connectivity index (χ3v) is 6.23. The van der Waals surface area contributed by atoms with E-state index >= 15 is 0 Å². The van der Waals surface area contributed by atoms with Crippen LogP contribution in [0.3, 0.4) is 0 Å². The van der Waals surface area contributed by atoms with Crippen molar-refractivity contribution >= 4 is 0 Å². The summed E-state index contributed by atoms with van der Waals surface area (Å²) < 4.78 is 21.7. The second-order valence-corrected chi connectivity index (χ2v) is 8.48. The van der Waals surface area contributed by atoms with Gasteiger partial charge in [-0.05, 0) is 80.1 Å². The van der Waals surface area contributed by atoms with Crippen molar-refractivity contribution < 1.29 is 18.9 Å². The Labute approximate surface area is 191 Å². The van der Waals surface area contributed by atoms with Gasteiger partial charge in [0.2, 0.25) is 6.79 Å². The Balaban J connectivity index is 1.50. The molecule has 6 nitrogen and oxygen atoms in total. The molecule has 3 rings (SSSR count). The Morgan fingerprint density at radius 2 is 1.69 bits per heavy atom. The maximum absolute atomic E-state index is 10.2. The lowest BCUT2D eigenvalue weighted by atomic mass is 9.69. The minimum absolute atomic E-state index is 0.162. The molecule has 1 unspecified atom stereocenters. The molecule has 1 heterocycles. The first-order valence-corrected chi connectivity index (χ1v) is 11.3. The van der Waals surface area contributed by atoms with Gasteiger partial charge in [-0.3, -0.25) is 0 Å². The number of methoxy groups -OCH3 is 2. The van der Waals surface area contributed by atoms with E-state index < -0.39 is 5.41 Å². The normalized spacial score (nSPS) is 14.1. The highest BCUT2D eigenvalue weighted by Gasteiger charge is 2.36. The van der Waals surface area contributed by atoms with E-state index in [1.165, 1.54) is 5.56 Å². The molecule has 0 radical (unpaired) electrons. The highest BCUT2D eigenvalue weighted by atomic mass is 16.7. The van der Waals surface area contributed by atoms with E-state index in [1.54, 1.807) is 14.2 Å². The number of nitrogens with zero attached hydrogens (tertiary/aromatic N) is 1. The maximum atomic E-state index is 10.2. The fraction of sp³-hybridized carbons (Fsp3) is 0.500. The first kappa shape index (κ1) is 23.7. The number of nitriles is 1. The average molecular weight is 439 g/mol. The summed E-state index contributed by atoms with van der Waals surface area (Å²) in [7, 11) is 3.27. The third kappa shape index (κ3) is 5.46. The Morgan fingerprint density at radius 3 is 2.34 bits per heavy atom. The van der Waals surface area contributed by atoms with Gasteiger partial charge in [0.05, 0.1) is 25.7 Å². The lowest BCUT2D eigenvalue weighted by Gasteiger charge is -2.32. The van der Waals surface area contributed by atoms with Crippen LogP contribution >= 0.6 is 0 Å². The largest absolute Gasteiger partial charge is 0.497 e. The number of aryl methyl sites for hydroxylation is 1. The molecule has 1 aliphatic heterocycles. The van der Waals surface area contributed by atoms with Gasteiger partial charge in [0.15, 0.2) is 11.5 Å². The Hall–Kier alpha value is -2.91. The van der Waals surface area contributed by atoms with Crippen LogP contribution in [0.2, 0.25) is 0 Å². The van der Waals surface area contributed by atoms with E-state index in [2.05, 4.69) is 37.4 Å². The lowest BCUT2D eigenvalue weighted by molar-refractivity contribution is 0.174. The topological polar surface area (TPSA) is 72.7 Å². The van der Waals surface area contributed by atoms with E-state index in [4.69, 9.17) is 18.9 Å². The van der Waals surface area contributed by atoms with Gasteiger partial charge in [0.1, 0.15) is 11.5 Å². The summed E-state index contributed by atoms with van der Waals surface area (Å²) >= 11 is 0. The van der Waals surface area contributed by atoms with Crippen molar-refractivity contribution in [2.45, 2.75) is 44.9 Å². The molecule has 0 aromatic heterocycles. The van der Waals surface area contributed by atoms with Crippen LogP contribution in [-0.4, -0.2) is 34.1 Å². The standard InChI is InChI=1S/C26H34N2O4/c1-19(2)26(17-27,21-14-22(29-3)16-23(15-21)30-4)10-6-12-28-11-5-7-20-8-9-24-25(13-20)32-18-31-24/h8-9,13-16,19,28H,5-7,10-12,18H2,1-4H3. The van der Waals surface area contributed by atoms with E-state index in [-0.39, 0.29) is 5.92 Å². The Kier molecular flexibility index (Phi) is 8.24. The summed E-state index contributed by atoms with van der Waals surface area (Å²) in [5.74, 6) is 3.25. The number of nitrogens with one attached hydrogen (secondary N) is 1. The van der Waals surface area contributed by atoms with E-state index in [0.29, 0.717) is 18.3 Å². The molecular formula is C26H34N2O4. The van der Waals surface area contributed by atoms with Crippen LogP contribution in [0.25, 0.3) is 0 Å². The van der Waals surface area contributed by atoms with E-state index in [0.717, 1.165) is 55.8 Å². The number of fused-ring (bicyclic) bond motifs is 1. The monoisotopic (exact) mass is 438 g/mol. The zero-order chi connectivity index (χ0) is 23.0. The molecule has 0 saturated carbocycles. The smallest absolute Gasteiger partial charge is 0.231 e. The second-order valence-electron chi connectivity index (χ2n) is 8.48. The first-order valence-electron chi connectivity index (χ1n) is 11.3. The fourth-order valence-electron chi connectivity index (χ4n) is 4.21. The van der Waals surface area contributed by atoms with Crippen LogP contribution in [0.4, 0.5) is 0 Å². The van der Waals surface area contributed by atoms with Crippen molar-refractivity contribution in [1.29, 1.82) is 5.26 Å². The van der Waals surface area contributed by atoms with Gasteiger partial charge in [0.25, 0.3) is 0 Å². The Morgan fingerprint density at radius 1 is 1.00 bits per heavy atom. The summed E-state index contributed by atoms with van der Waals surface area (Å²) in [6, 6.07) is 14.5. The van der Waals surface area contributed by atoms with Gasteiger partial charge in [-0.15, -0.1) is 0 Å². The van der Waals surface area contributed by atoms with Crippen molar-refractivity contribution in [2.75, 3.05) is 34.1 Å². The molecule has 32 heavy (non-hydrogen) atoms. The molecular weight excluding hydrogens is 404 g/mol. The average Bonchev–Trinajstić information content (AvgIpc) is 3.28. The molecule has 6 heteroatoms. The molecule has 0 spiro atoms. The summed E-state index contributed by atoms with van der Waals surface area (Å²) in [5.41, 5.74) is 1.62. The van der Waals surface area contributed by atoms with Crippen molar-refractivity contribution in [3.05, 3.63) is 47.5 Å². The minimum Gasteiger partial charge on any atom is -0.497 e. The van der Waals surface area contributed by atoms with Gasteiger partial charge >= 0.3 is 0 Å². The molecule has 172 valence electrons. The summed E-state index contributed by atoms with van der Waals surface area (Å²) in [6.45, 7) is 6.33. The summed E-state index contributed by atoms with van der Waals surface area (Å²) in [4.78, 5) is 0. The van der Waals surface area contributed by atoms with Crippen molar-refractivity contribution in [1.82, 2.24) is 5.32 Å². The van der Waals surface area contributed by atoms with Gasteiger partial charge in [-0.2, -0.15) is 5.26 Å². The minimum atomic E-state index is -0.587. The zero-order valence-corrected chi connectivity index (χ0v) is 19.6. The van der Waals surface area contributed by atoms with E-state index in [9.17, 15) is 5.26 Å². The quantitative estimate of drug-likeness (QED) is 0.478. The van der Waals surface area contributed by atoms with Gasteiger partial charge in [-0.1, -0.05) is 19.9 Å². The van der Waals surface area contributed by atoms with E-state index in [1.807, 2.05) is 24.3 Å². The molecule has 0 fully saturated rings. The van der Waals surface area contributed by atoms with Crippen molar-refractivity contribution in [3.8, 4) is 29.1 Å². The number of hydrogen-bond acceptors (Lipinski definition) is 6. The molecule has 0 bridgehead atoms. The molecule has 0 aliphatic carbocycles. The Bertz CT molecular complexity index is 916. The number of benzene rings is 2. The van der Waals surface area contributed by atoms with Crippen molar-refractivity contribution in [3.63, 3.8) is 0 Å². The molecule has 2 aromatic rings. The first-order chi connectivity index (χ1) is 15.5.